The summed E-state index contributed by atoms with van der Waals surface area (Å²) < 4.78 is 0. The lowest BCUT2D eigenvalue weighted by molar-refractivity contribution is -0.117. The molecule has 1 amide bonds. The minimum Gasteiger partial charge on any atom is -0.326 e. The highest BCUT2D eigenvalue weighted by Crippen LogP contribution is 2.33. The summed E-state index contributed by atoms with van der Waals surface area (Å²) in [6.07, 6.45) is 5.57. The average Bonchev–Trinajstić information content (AvgIpc) is 2.98. The Hall–Kier alpha value is -0.460. The molecule has 3 fully saturated rings. The van der Waals surface area contributed by atoms with Crippen LogP contribution in [-0.4, -0.2) is 47.5 Å². The van der Waals surface area contributed by atoms with E-state index in [0.717, 1.165) is 25.1 Å². The van der Waals surface area contributed by atoms with Gasteiger partial charge in [0, 0.05) is 55.3 Å². The van der Waals surface area contributed by atoms with E-state index in [2.05, 4.69) is 40.7 Å². The van der Waals surface area contributed by atoms with Gasteiger partial charge in [-0.2, -0.15) is 11.8 Å². The molecule has 0 radical (unpaired) electrons. The van der Waals surface area contributed by atoms with Crippen molar-refractivity contribution in [3.63, 3.8) is 0 Å². The number of halogens is 2. The highest BCUT2D eigenvalue weighted by molar-refractivity contribution is 7.99. The van der Waals surface area contributed by atoms with Crippen molar-refractivity contribution < 1.29 is 4.79 Å². The van der Waals surface area contributed by atoms with Crippen molar-refractivity contribution in [1.29, 1.82) is 0 Å². The van der Waals surface area contributed by atoms with Gasteiger partial charge in [0.15, 0.2) is 0 Å². The Balaban J connectivity index is 0.00000140. The number of carbonyl (C=O) groups is 1. The number of piperidine rings is 1. The first-order valence-corrected chi connectivity index (χ1v) is 11.3. The zero-order valence-electron chi connectivity index (χ0n) is 16.6. The van der Waals surface area contributed by atoms with Crippen LogP contribution in [0.3, 0.4) is 0 Å². The topological polar surface area (TPSA) is 44.4 Å². The van der Waals surface area contributed by atoms with Crippen molar-refractivity contribution in [2.45, 2.75) is 57.7 Å². The second-order valence-electron chi connectivity index (χ2n) is 8.21. The third-order valence-corrected chi connectivity index (χ3v) is 7.20. The Kier molecular flexibility index (Phi) is 9.42. The molecule has 0 aromatic heterocycles. The van der Waals surface area contributed by atoms with Crippen LogP contribution in [0.25, 0.3) is 0 Å². The van der Waals surface area contributed by atoms with Gasteiger partial charge in [0.25, 0.3) is 0 Å². The van der Waals surface area contributed by atoms with E-state index in [-0.39, 0.29) is 30.7 Å². The number of hydrogen-bond donors (Lipinski definition) is 2. The Labute approximate surface area is 185 Å². The van der Waals surface area contributed by atoms with Crippen LogP contribution in [0.4, 0.5) is 5.69 Å². The minimum atomic E-state index is 0. The van der Waals surface area contributed by atoms with Crippen molar-refractivity contribution in [3.05, 3.63) is 29.3 Å². The van der Waals surface area contributed by atoms with Crippen LogP contribution in [0.5, 0.6) is 0 Å². The average molecular weight is 446 g/mol. The van der Waals surface area contributed by atoms with Gasteiger partial charge in [-0.1, -0.05) is 12.1 Å². The SMILES string of the molecule is Cc1c(CN2CCSCC2)cccc1NC(=O)CC1CC2CCC(C1)N2.Cl.Cl. The van der Waals surface area contributed by atoms with E-state index in [1.165, 1.54) is 48.6 Å². The maximum Gasteiger partial charge on any atom is 0.224 e. The van der Waals surface area contributed by atoms with Gasteiger partial charge in [-0.15, -0.1) is 24.8 Å². The largest absolute Gasteiger partial charge is 0.326 e. The summed E-state index contributed by atoms with van der Waals surface area (Å²) in [5, 5.41) is 6.86. The molecule has 3 saturated heterocycles. The number of fused-ring (bicyclic) bond motifs is 2. The summed E-state index contributed by atoms with van der Waals surface area (Å²) in [5.74, 6) is 3.19. The molecule has 3 heterocycles. The number of hydrogen-bond acceptors (Lipinski definition) is 4. The molecule has 2 atom stereocenters. The summed E-state index contributed by atoms with van der Waals surface area (Å²) in [6.45, 7) is 5.47. The highest BCUT2D eigenvalue weighted by atomic mass is 35.5. The number of benzene rings is 1. The lowest BCUT2D eigenvalue weighted by Crippen LogP contribution is -2.39. The maximum atomic E-state index is 12.6. The van der Waals surface area contributed by atoms with Gasteiger partial charge in [0.2, 0.25) is 5.91 Å². The predicted molar refractivity (Wildman–Crippen MR) is 124 cm³/mol. The van der Waals surface area contributed by atoms with Gasteiger partial charge in [-0.3, -0.25) is 9.69 Å². The standard InChI is InChI=1S/C21H31N3OS.2ClH/c1-15-17(14-24-7-9-26-10-8-24)3-2-4-20(15)23-21(25)13-16-11-18-5-6-19(12-16)22-18;;/h2-4,16,18-19,22H,5-14H2,1H3,(H,23,25);2*1H. The number of anilines is 1. The van der Waals surface area contributed by atoms with Crippen LogP contribution in [0.15, 0.2) is 18.2 Å². The van der Waals surface area contributed by atoms with Gasteiger partial charge in [-0.05, 0) is 55.7 Å². The van der Waals surface area contributed by atoms with E-state index >= 15 is 0 Å². The molecule has 0 spiro atoms. The summed E-state index contributed by atoms with van der Waals surface area (Å²) in [6, 6.07) is 7.65. The van der Waals surface area contributed by atoms with E-state index in [4.69, 9.17) is 0 Å². The number of carbonyl (C=O) groups excluding carboxylic acids is 1. The van der Waals surface area contributed by atoms with Gasteiger partial charge in [-0.25, -0.2) is 0 Å². The van der Waals surface area contributed by atoms with E-state index in [1.807, 2.05) is 11.8 Å². The van der Waals surface area contributed by atoms with E-state index in [0.29, 0.717) is 24.4 Å². The van der Waals surface area contributed by atoms with Gasteiger partial charge < -0.3 is 10.6 Å². The summed E-state index contributed by atoms with van der Waals surface area (Å²) >= 11 is 2.04. The number of rotatable bonds is 5. The van der Waals surface area contributed by atoms with Crippen LogP contribution >= 0.6 is 36.6 Å². The molecular weight excluding hydrogens is 413 g/mol. The minimum absolute atomic E-state index is 0. The Morgan fingerprint density at radius 1 is 1.18 bits per heavy atom. The molecule has 7 heteroatoms. The van der Waals surface area contributed by atoms with Gasteiger partial charge in [0.05, 0.1) is 0 Å². The highest BCUT2D eigenvalue weighted by Gasteiger charge is 2.34. The van der Waals surface area contributed by atoms with Gasteiger partial charge in [0.1, 0.15) is 0 Å². The van der Waals surface area contributed by atoms with E-state index in [9.17, 15) is 4.79 Å². The molecule has 28 heavy (non-hydrogen) atoms. The van der Waals surface area contributed by atoms with Crippen LogP contribution < -0.4 is 10.6 Å². The molecule has 2 bridgehead atoms. The monoisotopic (exact) mass is 445 g/mol. The van der Waals surface area contributed by atoms with Crippen LogP contribution in [0.2, 0.25) is 0 Å². The maximum absolute atomic E-state index is 12.6. The smallest absolute Gasteiger partial charge is 0.224 e. The molecule has 158 valence electrons. The predicted octanol–water partition coefficient (Wildman–Crippen LogP) is 4.25. The third-order valence-electron chi connectivity index (χ3n) is 6.26. The second-order valence-corrected chi connectivity index (χ2v) is 9.43. The zero-order valence-corrected chi connectivity index (χ0v) is 19.1. The van der Waals surface area contributed by atoms with E-state index in [1.54, 1.807) is 0 Å². The fourth-order valence-corrected chi connectivity index (χ4v) is 5.77. The molecule has 4 rings (SSSR count). The van der Waals surface area contributed by atoms with Crippen molar-refractivity contribution in [2.24, 2.45) is 5.92 Å². The molecule has 0 aliphatic carbocycles. The van der Waals surface area contributed by atoms with Crippen LogP contribution in [0, 0.1) is 12.8 Å². The molecule has 4 nitrogen and oxygen atoms in total. The lowest BCUT2D eigenvalue weighted by Gasteiger charge is -2.29. The molecule has 0 saturated carbocycles. The number of thioether (sulfide) groups is 1. The van der Waals surface area contributed by atoms with Crippen molar-refractivity contribution in [3.8, 4) is 0 Å². The number of nitrogens with one attached hydrogen (secondary N) is 2. The molecule has 3 aliphatic heterocycles. The van der Waals surface area contributed by atoms with Crippen LogP contribution in [-0.2, 0) is 11.3 Å². The third kappa shape index (κ3) is 6.02. The van der Waals surface area contributed by atoms with Gasteiger partial charge >= 0.3 is 0 Å². The van der Waals surface area contributed by atoms with E-state index < -0.39 is 0 Å². The Bertz CT molecular complexity index is 643. The van der Waals surface area contributed by atoms with Crippen molar-refractivity contribution in [1.82, 2.24) is 10.2 Å². The summed E-state index contributed by atoms with van der Waals surface area (Å²) in [5.41, 5.74) is 3.56. The summed E-state index contributed by atoms with van der Waals surface area (Å²) in [4.78, 5) is 15.1. The fraction of sp³-hybridized carbons (Fsp3) is 0.667. The molecular formula is C21H33Cl2N3OS. The Morgan fingerprint density at radius 2 is 1.86 bits per heavy atom. The second kappa shape index (κ2) is 11.1. The first-order chi connectivity index (χ1) is 12.7. The van der Waals surface area contributed by atoms with Crippen molar-refractivity contribution in [2.75, 3.05) is 29.9 Å². The number of amides is 1. The normalized spacial score (nSPS) is 26.8. The summed E-state index contributed by atoms with van der Waals surface area (Å²) in [7, 11) is 0. The molecule has 1 aromatic carbocycles. The quantitative estimate of drug-likeness (QED) is 0.710. The fourth-order valence-electron chi connectivity index (χ4n) is 4.80. The van der Waals surface area contributed by atoms with Crippen LogP contribution in [0.1, 0.15) is 43.2 Å². The zero-order chi connectivity index (χ0) is 17.9. The molecule has 2 N–H and O–H groups in total. The molecule has 1 aromatic rings. The first kappa shape index (κ1) is 23.8. The number of nitrogens with zero attached hydrogens (tertiary/aromatic N) is 1. The van der Waals surface area contributed by atoms with Crippen molar-refractivity contribution >= 4 is 48.2 Å². The Morgan fingerprint density at radius 3 is 2.54 bits per heavy atom. The first-order valence-electron chi connectivity index (χ1n) is 10.1. The molecule has 3 aliphatic rings. The molecule has 2 unspecified atom stereocenters. The lowest BCUT2D eigenvalue weighted by atomic mass is 9.89.